The molecule has 1 heterocycles. The fourth-order valence-electron chi connectivity index (χ4n) is 2.35. The summed E-state index contributed by atoms with van der Waals surface area (Å²) in [6, 6.07) is -1.73. The lowest BCUT2D eigenvalue weighted by molar-refractivity contribution is -0.141. The number of carboxylic acid groups (broad SMARTS) is 1. The van der Waals surface area contributed by atoms with Crippen LogP contribution in [0.2, 0.25) is 0 Å². The minimum Gasteiger partial charge on any atom is -0.480 e. The van der Waals surface area contributed by atoms with Crippen LogP contribution >= 0.6 is 0 Å². The normalized spacial score (nSPS) is 20.2. The molecule has 0 radical (unpaired) electrons. The van der Waals surface area contributed by atoms with Gasteiger partial charge in [-0.15, -0.1) is 0 Å². The van der Waals surface area contributed by atoms with Crippen molar-refractivity contribution in [2.45, 2.75) is 25.3 Å². The predicted octanol–water partition coefficient (Wildman–Crippen LogP) is -1.04. The van der Waals surface area contributed by atoms with Crippen molar-refractivity contribution in [3.05, 3.63) is 0 Å². The molecule has 0 aromatic rings. The molecule has 1 unspecified atom stereocenters. The molecule has 1 aliphatic rings. The molecule has 0 saturated carbocycles. The van der Waals surface area contributed by atoms with Crippen LogP contribution < -0.4 is 16.4 Å². The van der Waals surface area contributed by atoms with E-state index in [2.05, 4.69) is 10.6 Å². The molecule has 0 spiro atoms. The molecule has 114 valence electrons. The lowest BCUT2D eigenvalue weighted by atomic mass is 9.98. The van der Waals surface area contributed by atoms with Gasteiger partial charge in [0.2, 0.25) is 5.91 Å². The van der Waals surface area contributed by atoms with Gasteiger partial charge in [-0.3, -0.25) is 4.79 Å². The highest BCUT2D eigenvalue weighted by molar-refractivity contribution is 5.87. The number of carbonyl (C=O) groups excluding carboxylic acids is 2. The summed E-state index contributed by atoms with van der Waals surface area (Å²) in [5.74, 6) is -1.66. The van der Waals surface area contributed by atoms with E-state index in [1.807, 2.05) is 7.05 Å². The highest BCUT2D eigenvalue weighted by Gasteiger charge is 2.27. The van der Waals surface area contributed by atoms with Gasteiger partial charge < -0.3 is 26.4 Å². The number of primary amides is 1. The molecule has 20 heavy (non-hydrogen) atoms. The number of hydrogen-bond acceptors (Lipinski definition) is 4. The Kier molecular flexibility index (Phi) is 6.23. The lowest BCUT2D eigenvalue weighted by Gasteiger charge is -2.33. The summed E-state index contributed by atoms with van der Waals surface area (Å²) in [4.78, 5) is 35.4. The lowest BCUT2D eigenvalue weighted by Crippen LogP contribution is -2.52. The van der Waals surface area contributed by atoms with E-state index < -0.39 is 30.4 Å². The van der Waals surface area contributed by atoms with Crippen LogP contribution in [-0.2, 0) is 9.59 Å². The van der Waals surface area contributed by atoms with Crippen molar-refractivity contribution in [3.63, 3.8) is 0 Å². The average molecular weight is 286 g/mol. The van der Waals surface area contributed by atoms with E-state index in [1.165, 1.54) is 0 Å². The molecule has 0 aliphatic carbocycles. The van der Waals surface area contributed by atoms with Crippen molar-refractivity contribution in [2.75, 3.05) is 26.7 Å². The van der Waals surface area contributed by atoms with Crippen LogP contribution in [0.3, 0.4) is 0 Å². The smallest absolute Gasteiger partial charge is 0.326 e. The van der Waals surface area contributed by atoms with Gasteiger partial charge in [0.1, 0.15) is 6.04 Å². The number of amides is 3. The maximum atomic E-state index is 12.0. The Morgan fingerprint density at radius 2 is 2.15 bits per heavy atom. The highest BCUT2D eigenvalue weighted by atomic mass is 16.4. The van der Waals surface area contributed by atoms with Crippen LogP contribution in [0.1, 0.15) is 19.3 Å². The van der Waals surface area contributed by atoms with Gasteiger partial charge in [-0.1, -0.05) is 0 Å². The monoisotopic (exact) mass is 286 g/mol. The van der Waals surface area contributed by atoms with Gasteiger partial charge in [-0.05, 0) is 32.4 Å². The third kappa shape index (κ3) is 5.04. The molecule has 5 N–H and O–H groups in total. The second-order valence-electron chi connectivity index (χ2n) is 5.02. The number of rotatable bonds is 6. The molecule has 3 amide bonds. The first-order valence-electron chi connectivity index (χ1n) is 6.65. The van der Waals surface area contributed by atoms with Gasteiger partial charge in [0.25, 0.3) is 0 Å². The Hall–Kier alpha value is -1.83. The second-order valence-corrected chi connectivity index (χ2v) is 5.02. The Bertz CT molecular complexity index is 372. The molecule has 1 saturated heterocycles. The van der Waals surface area contributed by atoms with Gasteiger partial charge in [0.05, 0.1) is 6.42 Å². The zero-order valence-electron chi connectivity index (χ0n) is 11.6. The van der Waals surface area contributed by atoms with Crippen molar-refractivity contribution < 1.29 is 19.5 Å². The number of nitrogens with two attached hydrogens (primary N) is 1. The van der Waals surface area contributed by atoms with Gasteiger partial charge in [-0.25, -0.2) is 9.59 Å². The van der Waals surface area contributed by atoms with E-state index in [0.29, 0.717) is 19.0 Å². The predicted molar refractivity (Wildman–Crippen MR) is 72.0 cm³/mol. The van der Waals surface area contributed by atoms with E-state index in [-0.39, 0.29) is 0 Å². The molecule has 0 bridgehead atoms. The Morgan fingerprint density at radius 1 is 1.45 bits per heavy atom. The van der Waals surface area contributed by atoms with E-state index in [1.54, 1.807) is 4.90 Å². The van der Waals surface area contributed by atoms with Crippen LogP contribution in [-0.4, -0.2) is 60.6 Å². The number of carboxylic acids is 1. The number of carbonyl (C=O) groups is 3. The number of hydrogen-bond donors (Lipinski definition) is 4. The summed E-state index contributed by atoms with van der Waals surface area (Å²) in [6.45, 7) is 1.98. The molecular formula is C12H22N4O4. The van der Waals surface area contributed by atoms with Crippen LogP contribution in [0.4, 0.5) is 4.79 Å². The summed E-state index contributed by atoms with van der Waals surface area (Å²) < 4.78 is 0. The van der Waals surface area contributed by atoms with Crippen LogP contribution in [0, 0.1) is 5.92 Å². The summed E-state index contributed by atoms with van der Waals surface area (Å²) in [6.07, 6.45) is 1.51. The maximum Gasteiger partial charge on any atom is 0.326 e. The first-order chi connectivity index (χ1) is 9.43. The second kappa shape index (κ2) is 7.68. The molecule has 1 fully saturated rings. The quantitative estimate of drug-likeness (QED) is 0.496. The van der Waals surface area contributed by atoms with E-state index >= 15 is 0 Å². The fraction of sp³-hybridized carbons (Fsp3) is 0.750. The molecule has 0 aromatic carbocycles. The maximum absolute atomic E-state index is 12.0. The average Bonchev–Trinajstić information content (AvgIpc) is 2.38. The van der Waals surface area contributed by atoms with E-state index in [0.717, 1.165) is 19.4 Å². The number of nitrogens with zero attached hydrogens (tertiary/aromatic N) is 1. The number of aliphatic carboxylic acids is 1. The fourth-order valence-corrected chi connectivity index (χ4v) is 2.35. The summed E-state index contributed by atoms with van der Waals surface area (Å²) >= 11 is 0. The Labute approximate surface area is 117 Å². The number of piperidine rings is 1. The Balaban J connectivity index is 2.55. The topological polar surface area (TPSA) is 125 Å². The zero-order valence-corrected chi connectivity index (χ0v) is 11.6. The third-order valence-corrected chi connectivity index (χ3v) is 3.30. The molecule has 2 atom stereocenters. The van der Waals surface area contributed by atoms with Crippen molar-refractivity contribution >= 4 is 17.9 Å². The summed E-state index contributed by atoms with van der Waals surface area (Å²) in [5.41, 5.74) is 4.97. The minimum atomic E-state index is -1.27. The first-order valence-corrected chi connectivity index (χ1v) is 6.65. The van der Waals surface area contributed by atoms with E-state index in [4.69, 9.17) is 10.8 Å². The first kappa shape index (κ1) is 16.2. The molecule has 0 aromatic heterocycles. The van der Waals surface area contributed by atoms with Gasteiger partial charge in [0.15, 0.2) is 0 Å². The van der Waals surface area contributed by atoms with Crippen molar-refractivity contribution in [1.82, 2.24) is 15.5 Å². The van der Waals surface area contributed by atoms with E-state index in [9.17, 15) is 14.4 Å². The molecule has 1 rings (SSSR count). The van der Waals surface area contributed by atoms with Gasteiger partial charge >= 0.3 is 12.0 Å². The molecule has 8 nitrogen and oxygen atoms in total. The zero-order chi connectivity index (χ0) is 15.1. The number of likely N-dealkylation sites (tertiary alicyclic amines) is 1. The van der Waals surface area contributed by atoms with Crippen LogP contribution in [0.5, 0.6) is 0 Å². The largest absolute Gasteiger partial charge is 0.480 e. The van der Waals surface area contributed by atoms with Crippen molar-refractivity contribution in [3.8, 4) is 0 Å². The van der Waals surface area contributed by atoms with Crippen LogP contribution in [0.15, 0.2) is 0 Å². The molecular weight excluding hydrogens is 264 g/mol. The van der Waals surface area contributed by atoms with Gasteiger partial charge in [-0.2, -0.15) is 0 Å². The van der Waals surface area contributed by atoms with Crippen molar-refractivity contribution in [1.29, 1.82) is 0 Å². The third-order valence-electron chi connectivity index (χ3n) is 3.30. The molecule has 8 heteroatoms. The minimum absolute atomic E-state index is 0.360. The SMILES string of the molecule is CNCC1CCCN(C(=O)N[C@H](CC(N)=O)C(=O)O)C1. The van der Waals surface area contributed by atoms with Crippen molar-refractivity contribution in [2.24, 2.45) is 11.7 Å². The summed E-state index contributed by atoms with van der Waals surface area (Å²) in [7, 11) is 1.85. The Morgan fingerprint density at radius 3 is 2.70 bits per heavy atom. The number of nitrogens with one attached hydrogen (secondary N) is 2. The summed E-state index contributed by atoms with van der Waals surface area (Å²) in [5, 5.41) is 14.4. The molecule has 1 aliphatic heterocycles. The van der Waals surface area contributed by atoms with Crippen LogP contribution in [0.25, 0.3) is 0 Å². The highest BCUT2D eigenvalue weighted by Crippen LogP contribution is 2.15. The standard InChI is InChI=1S/C12H22N4O4/c1-14-6-8-3-2-4-16(7-8)12(20)15-9(11(18)19)5-10(13)17/h8-9,14H,2-7H2,1H3,(H2,13,17)(H,15,20)(H,18,19)/t8?,9-/m1/s1. The number of urea groups is 1. The van der Waals surface area contributed by atoms with Gasteiger partial charge in [0, 0.05) is 13.1 Å².